The third kappa shape index (κ3) is 6.62. The maximum atomic E-state index is 11.1. The Morgan fingerprint density at radius 1 is 1.33 bits per heavy atom. The van der Waals surface area contributed by atoms with Crippen molar-refractivity contribution in [3.8, 4) is 0 Å². The van der Waals surface area contributed by atoms with Crippen molar-refractivity contribution in [2.75, 3.05) is 17.9 Å². The molecular weight excluding hydrogens is 291 g/mol. The summed E-state index contributed by atoms with van der Waals surface area (Å²) in [4.78, 5) is 0. The molecule has 0 heterocycles. The van der Waals surface area contributed by atoms with E-state index in [1.165, 1.54) is 6.26 Å². The zero-order valence-electron chi connectivity index (χ0n) is 10.4. The fraction of sp³-hybridized carbons (Fsp3) is 0.538. The molecule has 0 aromatic heterocycles. The molecule has 1 unspecified atom stereocenters. The van der Waals surface area contributed by atoms with Crippen molar-refractivity contribution in [1.82, 2.24) is 0 Å². The summed E-state index contributed by atoms with van der Waals surface area (Å²) in [5, 5.41) is 0.719. The molecule has 1 aromatic carbocycles. The second kappa shape index (κ2) is 7.37. The molecule has 2 nitrogen and oxygen atoms in total. The highest BCUT2D eigenvalue weighted by Gasteiger charge is 2.11. The predicted octanol–water partition coefficient (Wildman–Crippen LogP) is 3.56. The van der Waals surface area contributed by atoms with Gasteiger partial charge in [0.1, 0.15) is 9.84 Å². The lowest BCUT2D eigenvalue weighted by Crippen LogP contribution is -2.10. The molecule has 18 heavy (non-hydrogen) atoms. The Balaban J connectivity index is 2.47. The molecule has 0 radical (unpaired) electrons. The molecule has 0 saturated carbocycles. The first-order valence-corrected chi connectivity index (χ1v) is 8.86. The first-order chi connectivity index (χ1) is 8.40. The van der Waals surface area contributed by atoms with E-state index in [9.17, 15) is 8.42 Å². The van der Waals surface area contributed by atoms with Crippen LogP contribution >= 0.6 is 23.2 Å². The molecule has 0 amide bonds. The van der Waals surface area contributed by atoms with Gasteiger partial charge in [-0.1, -0.05) is 23.7 Å². The van der Waals surface area contributed by atoms with Gasteiger partial charge in [0.2, 0.25) is 0 Å². The van der Waals surface area contributed by atoms with Gasteiger partial charge in [-0.15, -0.1) is 11.6 Å². The van der Waals surface area contributed by atoms with Crippen molar-refractivity contribution < 1.29 is 8.42 Å². The zero-order chi connectivity index (χ0) is 13.6. The number of alkyl halides is 1. The van der Waals surface area contributed by atoms with Crippen LogP contribution in [-0.2, 0) is 16.3 Å². The largest absolute Gasteiger partial charge is 0.229 e. The molecule has 102 valence electrons. The van der Waals surface area contributed by atoms with Gasteiger partial charge in [-0.3, -0.25) is 0 Å². The highest BCUT2D eigenvalue weighted by atomic mass is 35.5. The van der Waals surface area contributed by atoms with Gasteiger partial charge < -0.3 is 0 Å². The van der Waals surface area contributed by atoms with Gasteiger partial charge in [0.05, 0.1) is 0 Å². The zero-order valence-corrected chi connectivity index (χ0v) is 12.7. The minimum Gasteiger partial charge on any atom is -0.229 e. The first kappa shape index (κ1) is 15.8. The normalized spacial score (nSPS) is 13.5. The van der Waals surface area contributed by atoms with Crippen LogP contribution in [0.2, 0.25) is 5.02 Å². The van der Waals surface area contributed by atoms with Crippen molar-refractivity contribution in [2.24, 2.45) is 5.92 Å². The first-order valence-electron chi connectivity index (χ1n) is 5.89. The van der Waals surface area contributed by atoms with Crippen LogP contribution in [0.4, 0.5) is 0 Å². The van der Waals surface area contributed by atoms with Crippen molar-refractivity contribution in [3.05, 3.63) is 34.9 Å². The summed E-state index contributed by atoms with van der Waals surface area (Å²) in [6.07, 6.45) is 3.59. The summed E-state index contributed by atoms with van der Waals surface area (Å²) in [6, 6.07) is 7.70. The predicted molar refractivity (Wildman–Crippen MR) is 78.3 cm³/mol. The van der Waals surface area contributed by atoms with E-state index in [4.69, 9.17) is 23.2 Å². The van der Waals surface area contributed by atoms with Crippen LogP contribution in [0.15, 0.2) is 24.3 Å². The van der Waals surface area contributed by atoms with Crippen molar-refractivity contribution in [3.63, 3.8) is 0 Å². The van der Waals surface area contributed by atoms with E-state index in [-0.39, 0.29) is 5.75 Å². The third-order valence-corrected chi connectivity index (χ3v) is 4.46. The summed E-state index contributed by atoms with van der Waals surface area (Å²) < 4.78 is 22.1. The maximum absolute atomic E-state index is 11.1. The Morgan fingerprint density at radius 2 is 2.06 bits per heavy atom. The molecule has 1 rings (SSSR count). The number of rotatable bonds is 7. The van der Waals surface area contributed by atoms with E-state index in [1.807, 2.05) is 24.3 Å². The monoisotopic (exact) mass is 308 g/mol. The average molecular weight is 309 g/mol. The fourth-order valence-electron chi connectivity index (χ4n) is 1.87. The van der Waals surface area contributed by atoms with Crippen LogP contribution < -0.4 is 0 Å². The molecule has 1 atom stereocenters. The topological polar surface area (TPSA) is 34.1 Å². The second-order valence-corrected chi connectivity index (χ2v) is 7.63. The van der Waals surface area contributed by atoms with Crippen molar-refractivity contribution in [1.29, 1.82) is 0 Å². The Bertz CT molecular complexity index is 472. The number of hydrogen-bond acceptors (Lipinski definition) is 2. The lowest BCUT2D eigenvalue weighted by molar-refractivity contribution is 0.524. The molecule has 0 spiro atoms. The molecule has 0 fully saturated rings. The molecule has 5 heteroatoms. The van der Waals surface area contributed by atoms with Gasteiger partial charge in [0, 0.05) is 22.9 Å². The van der Waals surface area contributed by atoms with E-state index in [1.54, 1.807) is 0 Å². The van der Waals surface area contributed by atoms with Crippen LogP contribution in [0.1, 0.15) is 18.4 Å². The third-order valence-electron chi connectivity index (χ3n) is 2.76. The summed E-state index contributed by atoms with van der Waals surface area (Å²) in [6.45, 7) is 0. The second-order valence-electron chi connectivity index (χ2n) is 4.63. The molecule has 0 N–H and O–H groups in total. The van der Waals surface area contributed by atoms with E-state index < -0.39 is 9.84 Å². The van der Waals surface area contributed by atoms with E-state index in [0.717, 1.165) is 23.4 Å². The molecule has 0 aliphatic carbocycles. The number of sulfone groups is 1. The Morgan fingerprint density at radius 3 is 2.61 bits per heavy atom. The SMILES string of the molecule is CS(=O)(=O)CCCC(CCl)Cc1cccc(Cl)c1. The fourth-order valence-corrected chi connectivity index (χ4v) is 3.03. The Labute approximate surface area is 119 Å². The highest BCUT2D eigenvalue weighted by molar-refractivity contribution is 7.90. The van der Waals surface area contributed by atoms with Gasteiger partial charge in [-0.05, 0) is 42.9 Å². The minimum absolute atomic E-state index is 0.232. The minimum atomic E-state index is -2.87. The van der Waals surface area contributed by atoms with Crippen LogP contribution in [0.25, 0.3) is 0 Å². The smallest absolute Gasteiger partial charge is 0.147 e. The summed E-state index contributed by atoms with van der Waals surface area (Å²) in [7, 11) is -2.87. The number of hydrogen-bond donors (Lipinski definition) is 0. The highest BCUT2D eigenvalue weighted by Crippen LogP contribution is 2.19. The number of benzene rings is 1. The van der Waals surface area contributed by atoms with E-state index in [0.29, 0.717) is 18.2 Å². The molecule has 0 saturated heterocycles. The molecule has 1 aromatic rings. The van der Waals surface area contributed by atoms with Gasteiger partial charge in [0.25, 0.3) is 0 Å². The van der Waals surface area contributed by atoms with E-state index >= 15 is 0 Å². The van der Waals surface area contributed by atoms with Crippen molar-refractivity contribution >= 4 is 33.0 Å². The van der Waals surface area contributed by atoms with Crippen LogP contribution in [0.3, 0.4) is 0 Å². The molecular formula is C13H18Cl2O2S. The summed E-state index contributed by atoms with van der Waals surface area (Å²) >= 11 is 11.8. The van der Waals surface area contributed by atoms with Gasteiger partial charge in [0.15, 0.2) is 0 Å². The van der Waals surface area contributed by atoms with Gasteiger partial charge in [-0.2, -0.15) is 0 Å². The lowest BCUT2D eigenvalue weighted by atomic mass is 9.97. The Kier molecular flexibility index (Phi) is 6.47. The standard InChI is InChI=1S/C13H18Cl2O2S/c1-18(16,17)7-3-5-12(10-14)8-11-4-2-6-13(15)9-11/h2,4,6,9,12H,3,5,7-8,10H2,1H3. The Hall–Kier alpha value is -0.250. The van der Waals surface area contributed by atoms with Crippen LogP contribution in [0.5, 0.6) is 0 Å². The lowest BCUT2D eigenvalue weighted by Gasteiger charge is -2.13. The van der Waals surface area contributed by atoms with Gasteiger partial charge in [-0.25, -0.2) is 8.42 Å². The van der Waals surface area contributed by atoms with Crippen LogP contribution in [-0.4, -0.2) is 26.3 Å². The molecule has 0 bridgehead atoms. The molecule has 0 aliphatic heterocycles. The molecule has 0 aliphatic rings. The van der Waals surface area contributed by atoms with Crippen molar-refractivity contribution in [2.45, 2.75) is 19.3 Å². The average Bonchev–Trinajstić information content (AvgIpc) is 2.26. The summed E-state index contributed by atoms with van der Waals surface area (Å²) in [5.41, 5.74) is 1.15. The van der Waals surface area contributed by atoms with E-state index in [2.05, 4.69) is 0 Å². The van der Waals surface area contributed by atoms with Crippen LogP contribution in [0, 0.1) is 5.92 Å². The van der Waals surface area contributed by atoms with Gasteiger partial charge >= 0.3 is 0 Å². The maximum Gasteiger partial charge on any atom is 0.147 e. The summed E-state index contributed by atoms with van der Waals surface area (Å²) in [5.74, 6) is 1.07. The quantitative estimate of drug-likeness (QED) is 0.722. The number of halogens is 2.